The van der Waals surface area contributed by atoms with Crippen molar-refractivity contribution in [3.8, 4) is 11.8 Å². The lowest BCUT2D eigenvalue weighted by atomic mass is 9.95. The lowest BCUT2D eigenvalue weighted by Gasteiger charge is -2.32. The maximum atomic E-state index is 12.9. The number of benzene rings is 1. The van der Waals surface area contributed by atoms with Gasteiger partial charge >= 0.3 is 11.7 Å². The summed E-state index contributed by atoms with van der Waals surface area (Å²) in [4.78, 5) is 26.8. The van der Waals surface area contributed by atoms with Crippen molar-refractivity contribution in [2.75, 3.05) is 39.1 Å². The maximum absolute atomic E-state index is 12.9. The van der Waals surface area contributed by atoms with Gasteiger partial charge in [-0.1, -0.05) is 25.5 Å². The Kier molecular flexibility index (Phi) is 7.88. The van der Waals surface area contributed by atoms with Crippen molar-refractivity contribution in [2.24, 2.45) is 0 Å². The first-order valence-electron chi connectivity index (χ1n) is 14.4. The molecule has 3 aromatic heterocycles. The van der Waals surface area contributed by atoms with E-state index in [4.69, 9.17) is 15.2 Å². The van der Waals surface area contributed by atoms with Gasteiger partial charge in [-0.25, -0.2) is 4.79 Å². The Morgan fingerprint density at radius 3 is 2.78 bits per heavy atom. The Balaban J connectivity index is 1.14. The summed E-state index contributed by atoms with van der Waals surface area (Å²) < 4.78 is 15.3. The van der Waals surface area contributed by atoms with E-state index in [9.17, 15) is 4.79 Å². The molecule has 13 nitrogen and oxygen atoms in total. The van der Waals surface area contributed by atoms with Crippen LogP contribution in [0.5, 0.6) is 11.8 Å². The molecular formula is C28H38N10O3. The summed E-state index contributed by atoms with van der Waals surface area (Å²) in [7, 11) is 1.65. The van der Waals surface area contributed by atoms with Crippen molar-refractivity contribution in [1.29, 1.82) is 0 Å². The molecule has 0 unspecified atom stereocenters. The number of fused-ring (bicyclic) bond motifs is 2. The zero-order valence-electron chi connectivity index (χ0n) is 23.7. The van der Waals surface area contributed by atoms with Crippen LogP contribution in [0, 0.1) is 0 Å². The first-order chi connectivity index (χ1) is 20.0. The van der Waals surface area contributed by atoms with E-state index in [1.165, 1.54) is 5.56 Å². The molecule has 13 heteroatoms. The highest BCUT2D eigenvalue weighted by Gasteiger charge is 2.27. The number of rotatable bonds is 10. The first-order valence-corrected chi connectivity index (χ1v) is 14.4. The number of H-pyrrole nitrogens is 1. The van der Waals surface area contributed by atoms with Crippen LogP contribution in [0.15, 0.2) is 23.0 Å². The molecule has 0 radical (unpaired) electrons. The zero-order valence-corrected chi connectivity index (χ0v) is 23.7. The monoisotopic (exact) mass is 562 g/mol. The van der Waals surface area contributed by atoms with Gasteiger partial charge in [-0.05, 0) is 44.0 Å². The third kappa shape index (κ3) is 5.64. The van der Waals surface area contributed by atoms with Crippen molar-refractivity contribution >= 4 is 17.0 Å². The lowest BCUT2D eigenvalue weighted by molar-refractivity contribution is 0.199. The number of nitrogens with zero attached hydrogens (tertiary/aromatic N) is 7. The minimum Gasteiger partial charge on any atom is -0.496 e. The second-order valence-corrected chi connectivity index (χ2v) is 10.8. The summed E-state index contributed by atoms with van der Waals surface area (Å²) >= 11 is 0. The number of aromatic nitrogens is 7. The number of unbranched alkanes of at least 4 members (excludes halogenated alkanes) is 1. The van der Waals surface area contributed by atoms with E-state index in [0.29, 0.717) is 23.7 Å². The third-order valence-electron chi connectivity index (χ3n) is 8.05. The van der Waals surface area contributed by atoms with Gasteiger partial charge in [0.15, 0.2) is 11.5 Å². The second kappa shape index (κ2) is 11.9. The Hall–Kier alpha value is -3.97. The van der Waals surface area contributed by atoms with Crippen LogP contribution in [-0.4, -0.2) is 72.5 Å². The zero-order chi connectivity index (χ0) is 28.3. The smallest absolute Gasteiger partial charge is 0.328 e. The molecule has 41 heavy (non-hydrogen) atoms. The maximum Gasteiger partial charge on any atom is 0.328 e. The number of imidazole rings is 1. The Morgan fingerprint density at radius 2 is 1.98 bits per heavy atom. The molecule has 2 aliphatic heterocycles. The Bertz CT molecular complexity index is 1570. The largest absolute Gasteiger partial charge is 0.496 e. The molecule has 1 aromatic carbocycles. The number of anilines is 1. The van der Waals surface area contributed by atoms with Gasteiger partial charge in [-0.2, -0.15) is 9.97 Å². The third-order valence-corrected chi connectivity index (χ3v) is 8.05. The van der Waals surface area contributed by atoms with Gasteiger partial charge in [0.25, 0.3) is 0 Å². The summed E-state index contributed by atoms with van der Waals surface area (Å²) in [5.74, 6) is 3.55. The molecule has 0 saturated carbocycles. The van der Waals surface area contributed by atoms with Crippen molar-refractivity contribution in [3.63, 3.8) is 0 Å². The summed E-state index contributed by atoms with van der Waals surface area (Å²) in [6.07, 6.45) is 4.01. The summed E-state index contributed by atoms with van der Waals surface area (Å²) in [6.45, 7) is 8.40. The van der Waals surface area contributed by atoms with Crippen LogP contribution in [0.25, 0.3) is 11.2 Å². The quantitative estimate of drug-likeness (QED) is 0.245. The first kappa shape index (κ1) is 27.2. The van der Waals surface area contributed by atoms with Crippen molar-refractivity contribution < 1.29 is 9.47 Å². The fraction of sp³-hybridized carbons (Fsp3) is 0.536. The highest BCUT2D eigenvalue weighted by atomic mass is 16.5. The number of ether oxygens (including phenoxy) is 2. The normalized spacial score (nSPS) is 16.2. The predicted molar refractivity (Wildman–Crippen MR) is 154 cm³/mol. The Morgan fingerprint density at radius 1 is 1.12 bits per heavy atom. The molecule has 1 saturated heterocycles. The highest BCUT2D eigenvalue weighted by molar-refractivity contribution is 5.82. The predicted octanol–water partition coefficient (Wildman–Crippen LogP) is 2.01. The van der Waals surface area contributed by atoms with E-state index in [-0.39, 0.29) is 24.1 Å². The summed E-state index contributed by atoms with van der Waals surface area (Å²) in [5.41, 5.74) is 8.65. The number of nitrogens with one attached hydrogen (secondary N) is 2. The molecule has 6 rings (SSSR count). The average Bonchev–Trinajstić information content (AvgIpc) is 3.56. The van der Waals surface area contributed by atoms with Gasteiger partial charge in [0.2, 0.25) is 0 Å². The molecule has 1 fully saturated rings. The number of methoxy groups -OCH3 is 1. The number of nitrogens with two attached hydrogens (primary N) is 1. The molecule has 0 spiro atoms. The molecular weight excluding hydrogens is 524 g/mol. The number of aromatic amines is 1. The number of nitrogen functional groups attached to an aromatic ring is 1. The molecule has 0 bridgehead atoms. The van der Waals surface area contributed by atoms with Crippen molar-refractivity contribution in [2.45, 2.75) is 64.7 Å². The molecule has 5 heterocycles. The topological polar surface area (TPSA) is 154 Å². The molecule has 0 atom stereocenters. The van der Waals surface area contributed by atoms with Crippen LogP contribution in [-0.2, 0) is 26.2 Å². The van der Waals surface area contributed by atoms with E-state index >= 15 is 0 Å². The minimum atomic E-state index is -0.314. The van der Waals surface area contributed by atoms with Gasteiger partial charge < -0.3 is 30.1 Å². The van der Waals surface area contributed by atoms with E-state index < -0.39 is 0 Å². The fourth-order valence-electron chi connectivity index (χ4n) is 5.76. The molecule has 4 aromatic rings. The van der Waals surface area contributed by atoms with Gasteiger partial charge in [0.1, 0.15) is 22.9 Å². The summed E-state index contributed by atoms with van der Waals surface area (Å²) in [5, 5.41) is 12.3. The van der Waals surface area contributed by atoms with E-state index in [2.05, 4.69) is 59.0 Å². The molecule has 0 aliphatic carbocycles. The average molecular weight is 563 g/mol. The van der Waals surface area contributed by atoms with Crippen LogP contribution >= 0.6 is 0 Å². The lowest BCUT2D eigenvalue weighted by Crippen LogP contribution is -2.34. The summed E-state index contributed by atoms with van der Waals surface area (Å²) in [6, 6.07) is 6.36. The standard InChI is InChI=1S/C28H38N10O3/c1-3-4-13-41-27-32-24(29)23-26(33-27)38(28(39)31-23)17-20-6-5-18(14-21(20)40-2)16-36-10-7-19(8-11-36)25-35-34-22-15-30-9-12-37(22)25/h5-6,14,19,30H,3-4,7-13,15-17H2,1-2H3,(H,31,39)(H2,29,32,33). The number of hydrogen-bond acceptors (Lipinski definition) is 10. The van der Waals surface area contributed by atoms with Crippen LogP contribution in [0.2, 0.25) is 0 Å². The van der Waals surface area contributed by atoms with Gasteiger partial charge in [-0.15, -0.1) is 10.2 Å². The number of piperidine rings is 1. The molecule has 218 valence electrons. The van der Waals surface area contributed by atoms with Crippen LogP contribution in [0.3, 0.4) is 0 Å². The van der Waals surface area contributed by atoms with Crippen LogP contribution in [0.1, 0.15) is 61.3 Å². The van der Waals surface area contributed by atoms with E-state index in [1.807, 2.05) is 6.07 Å². The molecule has 2 aliphatic rings. The molecule has 0 amide bonds. The van der Waals surface area contributed by atoms with Crippen molar-refractivity contribution in [3.05, 3.63) is 51.5 Å². The van der Waals surface area contributed by atoms with E-state index in [0.717, 1.165) is 87.9 Å². The fourth-order valence-corrected chi connectivity index (χ4v) is 5.76. The van der Waals surface area contributed by atoms with Gasteiger partial charge in [-0.3, -0.25) is 9.47 Å². The minimum absolute atomic E-state index is 0.170. The number of hydrogen-bond donors (Lipinski definition) is 3. The van der Waals surface area contributed by atoms with Crippen molar-refractivity contribution in [1.82, 2.24) is 44.5 Å². The SMILES string of the molecule is CCCCOc1nc(N)c2[nH]c(=O)n(Cc3ccc(CN4CCC(c5nnc6n5CCNC6)CC4)cc3OC)c2n1. The van der Waals surface area contributed by atoms with E-state index in [1.54, 1.807) is 11.7 Å². The van der Waals surface area contributed by atoms with Crippen LogP contribution < -0.4 is 26.2 Å². The van der Waals surface area contributed by atoms with Gasteiger partial charge in [0, 0.05) is 31.1 Å². The Labute approximate surface area is 238 Å². The molecule has 4 N–H and O–H groups in total. The number of likely N-dealkylation sites (tertiary alicyclic amines) is 1. The van der Waals surface area contributed by atoms with Crippen LogP contribution in [0.4, 0.5) is 5.82 Å². The highest BCUT2D eigenvalue weighted by Crippen LogP contribution is 2.30. The second-order valence-electron chi connectivity index (χ2n) is 10.8. The van der Waals surface area contributed by atoms with Gasteiger partial charge in [0.05, 0.1) is 26.8 Å².